The summed E-state index contributed by atoms with van der Waals surface area (Å²) in [5.41, 5.74) is 6.77. The molecule has 0 unspecified atom stereocenters. The number of hydroxylamine groups is 1. The lowest BCUT2D eigenvalue weighted by atomic mass is 9.98. The van der Waals surface area contributed by atoms with Crippen molar-refractivity contribution in [2.24, 2.45) is 0 Å². The van der Waals surface area contributed by atoms with Crippen LogP contribution in [-0.4, -0.2) is 61.1 Å². The van der Waals surface area contributed by atoms with Gasteiger partial charge in [-0.1, -0.05) is 54.5 Å². The smallest absolute Gasteiger partial charge is 0.407 e. The summed E-state index contributed by atoms with van der Waals surface area (Å²) in [6, 6.07) is 21.0. The third-order valence-electron chi connectivity index (χ3n) is 6.42. The van der Waals surface area contributed by atoms with Crippen molar-refractivity contribution >= 4 is 24.1 Å². The average molecular weight is 626 g/mol. The lowest BCUT2D eigenvalue weighted by Crippen LogP contribution is -2.53. The normalized spacial score (nSPS) is 11.8. The number of carbonyl (C=O) groups is 4. The van der Waals surface area contributed by atoms with Gasteiger partial charge in [-0.05, 0) is 79.1 Å². The van der Waals surface area contributed by atoms with E-state index in [4.69, 9.17) is 21.0 Å². The molecule has 46 heavy (non-hydrogen) atoms. The number of nitrogens with one attached hydrogen (secondary N) is 3. The molecule has 0 aromatic heterocycles. The summed E-state index contributed by atoms with van der Waals surface area (Å²) in [6.07, 6.45) is 3.43. The van der Waals surface area contributed by atoms with E-state index in [1.165, 1.54) is 19.2 Å². The molecule has 0 aliphatic heterocycles. The minimum absolute atomic E-state index is 0.0952. The molecule has 0 saturated heterocycles. The Kier molecular flexibility index (Phi) is 12.3. The molecule has 0 radical (unpaired) electrons. The molecule has 0 fully saturated rings. The first-order chi connectivity index (χ1) is 21.9. The Morgan fingerprint density at radius 1 is 0.913 bits per heavy atom. The number of amides is 3. The van der Waals surface area contributed by atoms with Crippen molar-refractivity contribution in [3.63, 3.8) is 0 Å². The molecule has 1 aliphatic rings. The Morgan fingerprint density at radius 3 is 2.02 bits per heavy atom. The van der Waals surface area contributed by atoms with Crippen LogP contribution in [0, 0.1) is 24.2 Å². The lowest BCUT2D eigenvalue weighted by molar-refractivity contribution is -0.133. The van der Waals surface area contributed by atoms with Crippen molar-refractivity contribution in [2.75, 3.05) is 20.3 Å². The number of ether oxygens (including phenoxy) is 2. The number of benzene rings is 3. The molecule has 0 spiro atoms. The molecule has 1 atom stereocenters. The molecule has 1 aliphatic carbocycles. The van der Waals surface area contributed by atoms with Gasteiger partial charge in [-0.3, -0.25) is 9.63 Å². The zero-order valence-corrected chi connectivity index (χ0v) is 25.9. The topological polar surface area (TPSA) is 152 Å². The Bertz CT molecular complexity index is 1610. The lowest BCUT2D eigenvalue weighted by Gasteiger charge is -2.22. The summed E-state index contributed by atoms with van der Waals surface area (Å²) in [7, 11) is 1.27. The van der Waals surface area contributed by atoms with Crippen LogP contribution in [0.1, 0.15) is 53.7 Å². The van der Waals surface area contributed by atoms with Crippen molar-refractivity contribution in [2.45, 2.75) is 38.3 Å². The number of terminal acetylenes is 1. The fourth-order valence-electron chi connectivity index (χ4n) is 4.47. The molecule has 0 saturated carbocycles. The zero-order valence-electron chi connectivity index (χ0n) is 25.9. The van der Waals surface area contributed by atoms with Gasteiger partial charge in [-0.25, -0.2) is 19.9 Å². The van der Waals surface area contributed by atoms with Crippen LogP contribution >= 0.6 is 0 Å². The van der Waals surface area contributed by atoms with Crippen LogP contribution in [0.3, 0.4) is 0 Å². The maximum atomic E-state index is 12.5. The van der Waals surface area contributed by atoms with Crippen LogP contribution in [-0.2, 0) is 19.1 Å². The standard InChI is InChI=1S/C24H29N3O6.C11H6O2/c1-24(2,3)33-22(29)25-13-20(21(28)27-31-4)26-23(30)32-14-19-17-11-7-5-9-15(17)16-10-6-8-12-18(16)19;1-2-3-4-9-5-7-10(8-6-9)11(12)13/h5-12,19-20H,13-14H2,1-4H3,(H,25,29)(H,26,30)(H,27,28);1,5-8H,(H,12,13)/t20-;/m0./s1. The van der Waals surface area contributed by atoms with Gasteiger partial charge in [0.25, 0.3) is 5.91 Å². The monoisotopic (exact) mass is 625 g/mol. The first kappa shape index (κ1) is 34.7. The summed E-state index contributed by atoms with van der Waals surface area (Å²) in [5.74, 6) is 5.59. The van der Waals surface area contributed by atoms with Crippen molar-refractivity contribution in [3.05, 3.63) is 95.1 Å². The maximum absolute atomic E-state index is 12.5. The molecule has 238 valence electrons. The van der Waals surface area contributed by atoms with Gasteiger partial charge >= 0.3 is 18.2 Å². The van der Waals surface area contributed by atoms with Crippen LogP contribution in [0.15, 0.2) is 72.8 Å². The van der Waals surface area contributed by atoms with Crippen molar-refractivity contribution < 1.29 is 38.6 Å². The van der Waals surface area contributed by atoms with E-state index in [0.29, 0.717) is 5.56 Å². The SMILES string of the molecule is C#CC#Cc1ccc(C(=O)O)cc1.CONC(=O)[C@H](CNC(=O)OC(C)(C)C)NC(=O)OCC1c2ccccc2-c2ccccc21. The Hall–Kier alpha value is -5.78. The van der Waals surface area contributed by atoms with Gasteiger partial charge in [0.1, 0.15) is 18.2 Å². The molecular weight excluding hydrogens is 590 g/mol. The van der Waals surface area contributed by atoms with E-state index >= 15 is 0 Å². The van der Waals surface area contributed by atoms with Gasteiger partial charge < -0.3 is 25.2 Å². The molecule has 0 heterocycles. The van der Waals surface area contributed by atoms with Gasteiger partial charge in [0.2, 0.25) is 0 Å². The van der Waals surface area contributed by atoms with E-state index in [1.807, 2.05) is 48.5 Å². The highest BCUT2D eigenvalue weighted by atomic mass is 16.6. The van der Waals surface area contributed by atoms with E-state index in [0.717, 1.165) is 22.3 Å². The predicted molar refractivity (Wildman–Crippen MR) is 170 cm³/mol. The van der Waals surface area contributed by atoms with Crippen LogP contribution in [0.4, 0.5) is 9.59 Å². The van der Waals surface area contributed by atoms with E-state index in [1.54, 1.807) is 32.9 Å². The number of hydrogen-bond donors (Lipinski definition) is 4. The van der Waals surface area contributed by atoms with E-state index in [9.17, 15) is 19.2 Å². The quantitative estimate of drug-likeness (QED) is 0.212. The highest BCUT2D eigenvalue weighted by Gasteiger charge is 2.30. The number of carboxylic acids is 1. The second-order valence-corrected chi connectivity index (χ2v) is 10.9. The number of fused-ring (bicyclic) bond motifs is 3. The third-order valence-corrected chi connectivity index (χ3v) is 6.42. The molecule has 0 bridgehead atoms. The highest BCUT2D eigenvalue weighted by Crippen LogP contribution is 2.44. The predicted octanol–water partition coefficient (Wildman–Crippen LogP) is 4.47. The molecule has 11 heteroatoms. The average Bonchev–Trinajstić information content (AvgIpc) is 3.34. The Morgan fingerprint density at radius 2 is 1.50 bits per heavy atom. The summed E-state index contributed by atoms with van der Waals surface area (Å²) >= 11 is 0. The minimum atomic E-state index is -1.13. The number of hydrogen-bond acceptors (Lipinski definition) is 7. The largest absolute Gasteiger partial charge is 0.478 e. The molecule has 4 rings (SSSR count). The zero-order chi connectivity index (χ0) is 33.7. The van der Waals surface area contributed by atoms with Crippen molar-refractivity contribution in [1.29, 1.82) is 0 Å². The molecule has 4 N–H and O–H groups in total. The van der Waals surface area contributed by atoms with Gasteiger partial charge in [-0.2, -0.15) is 0 Å². The molecule has 3 aromatic rings. The summed E-state index contributed by atoms with van der Waals surface area (Å²) in [6.45, 7) is 5.04. The second-order valence-electron chi connectivity index (χ2n) is 10.9. The first-order valence-electron chi connectivity index (χ1n) is 14.1. The number of carbonyl (C=O) groups excluding carboxylic acids is 3. The minimum Gasteiger partial charge on any atom is -0.478 e. The molecule has 3 amide bonds. The van der Waals surface area contributed by atoms with Gasteiger partial charge in [-0.15, -0.1) is 6.42 Å². The van der Waals surface area contributed by atoms with E-state index in [2.05, 4.69) is 38.7 Å². The third kappa shape index (κ3) is 10.2. The summed E-state index contributed by atoms with van der Waals surface area (Å²) < 4.78 is 10.6. The summed E-state index contributed by atoms with van der Waals surface area (Å²) in [4.78, 5) is 51.8. The summed E-state index contributed by atoms with van der Waals surface area (Å²) in [5, 5.41) is 13.5. The van der Waals surface area contributed by atoms with E-state index in [-0.39, 0.29) is 24.6 Å². The van der Waals surface area contributed by atoms with E-state index < -0.39 is 35.7 Å². The Balaban J connectivity index is 0.000000370. The second kappa shape index (κ2) is 16.3. The van der Waals surface area contributed by atoms with Crippen LogP contribution in [0.5, 0.6) is 0 Å². The highest BCUT2D eigenvalue weighted by molar-refractivity contribution is 5.87. The van der Waals surface area contributed by atoms with Crippen LogP contribution < -0.4 is 16.1 Å². The molecule has 11 nitrogen and oxygen atoms in total. The van der Waals surface area contributed by atoms with Crippen LogP contribution in [0.2, 0.25) is 0 Å². The van der Waals surface area contributed by atoms with Crippen LogP contribution in [0.25, 0.3) is 11.1 Å². The maximum Gasteiger partial charge on any atom is 0.407 e. The fourth-order valence-corrected chi connectivity index (χ4v) is 4.47. The van der Waals surface area contributed by atoms with Gasteiger partial charge in [0, 0.05) is 11.5 Å². The molecule has 3 aromatic carbocycles. The Labute approximate surface area is 267 Å². The number of rotatable bonds is 8. The van der Waals surface area contributed by atoms with Gasteiger partial charge in [0.15, 0.2) is 0 Å². The van der Waals surface area contributed by atoms with Gasteiger partial charge in [0.05, 0.1) is 19.2 Å². The first-order valence-corrected chi connectivity index (χ1v) is 14.1. The van der Waals surface area contributed by atoms with Crippen molar-refractivity contribution in [1.82, 2.24) is 16.1 Å². The number of carboxylic acid groups (broad SMARTS) is 1. The molecular formula is C35H35N3O8. The van der Waals surface area contributed by atoms with Crippen molar-refractivity contribution in [3.8, 4) is 35.3 Å². The number of aromatic carboxylic acids is 1. The number of alkyl carbamates (subject to hydrolysis) is 2. The fraction of sp³-hybridized carbons (Fsp3) is 0.257.